The van der Waals surface area contributed by atoms with Crippen LogP contribution in [0.1, 0.15) is 43.5 Å². The van der Waals surface area contributed by atoms with Crippen molar-refractivity contribution in [3.8, 4) is 0 Å². The second-order valence-corrected chi connectivity index (χ2v) is 5.14. The Morgan fingerprint density at radius 2 is 2.00 bits per heavy atom. The Hall–Kier alpha value is -1.55. The number of aromatic nitrogens is 2. The SMILES string of the molecule is CCCCc1ccc(Nc2nnc(C(C)Cl)o2)cc1. The topological polar surface area (TPSA) is 51.0 Å². The molecule has 0 bridgehead atoms. The lowest BCUT2D eigenvalue weighted by Gasteiger charge is -2.03. The number of unbranched alkanes of at least 4 members (excludes halogenated alkanes) is 1. The maximum Gasteiger partial charge on any atom is 0.320 e. The van der Waals surface area contributed by atoms with Gasteiger partial charge in [-0.15, -0.1) is 16.7 Å². The van der Waals surface area contributed by atoms with Gasteiger partial charge in [0.25, 0.3) is 0 Å². The number of alkyl halides is 1. The van der Waals surface area contributed by atoms with Gasteiger partial charge in [0.15, 0.2) is 0 Å². The molecule has 1 atom stereocenters. The highest BCUT2D eigenvalue weighted by molar-refractivity contribution is 6.20. The lowest BCUT2D eigenvalue weighted by atomic mass is 10.1. The summed E-state index contributed by atoms with van der Waals surface area (Å²) in [4.78, 5) is 0. The molecule has 0 aliphatic heterocycles. The number of aryl methyl sites for hydroxylation is 1. The first-order valence-corrected chi connectivity index (χ1v) is 6.96. The van der Waals surface area contributed by atoms with Gasteiger partial charge in [0.05, 0.1) is 0 Å². The van der Waals surface area contributed by atoms with Gasteiger partial charge in [-0.25, -0.2) is 0 Å². The normalized spacial score (nSPS) is 12.4. The second-order valence-electron chi connectivity index (χ2n) is 4.49. The lowest BCUT2D eigenvalue weighted by molar-refractivity contribution is 0.510. The molecule has 1 heterocycles. The highest BCUT2D eigenvalue weighted by Crippen LogP contribution is 2.22. The largest absolute Gasteiger partial charge is 0.406 e. The van der Waals surface area contributed by atoms with Crippen LogP contribution in [0.5, 0.6) is 0 Å². The minimum atomic E-state index is -0.278. The molecule has 0 spiro atoms. The molecule has 1 aromatic carbocycles. The molecule has 1 N–H and O–H groups in total. The molecule has 2 rings (SSSR count). The van der Waals surface area contributed by atoms with E-state index in [0.29, 0.717) is 11.9 Å². The van der Waals surface area contributed by atoms with Crippen molar-refractivity contribution in [2.75, 3.05) is 5.32 Å². The van der Waals surface area contributed by atoms with Crippen LogP contribution in [-0.2, 0) is 6.42 Å². The average Bonchev–Trinajstić information content (AvgIpc) is 2.87. The number of nitrogens with one attached hydrogen (secondary N) is 1. The fourth-order valence-corrected chi connectivity index (χ4v) is 1.79. The standard InChI is InChI=1S/C14H18ClN3O/c1-3-4-5-11-6-8-12(9-7-11)16-14-18-17-13(19-14)10(2)15/h6-10H,3-5H2,1-2H3,(H,16,18). The van der Waals surface area contributed by atoms with E-state index in [1.54, 1.807) is 6.92 Å². The monoisotopic (exact) mass is 279 g/mol. The van der Waals surface area contributed by atoms with Crippen LogP contribution in [0.4, 0.5) is 11.7 Å². The lowest BCUT2D eigenvalue weighted by Crippen LogP contribution is -1.91. The predicted molar refractivity (Wildman–Crippen MR) is 76.9 cm³/mol. The van der Waals surface area contributed by atoms with Crippen LogP contribution in [0, 0.1) is 0 Å². The van der Waals surface area contributed by atoms with Gasteiger partial charge < -0.3 is 9.73 Å². The van der Waals surface area contributed by atoms with Crippen LogP contribution in [0.15, 0.2) is 28.7 Å². The number of nitrogens with zero attached hydrogens (tertiary/aromatic N) is 2. The second kappa shape index (κ2) is 6.57. The van der Waals surface area contributed by atoms with Gasteiger partial charge in [0.2, 0.25) is 5.89 Å². The molecule has 4 nitrogen and oxygen atoms in total. The van der Waals surface area contributed by atoms with Gasteiger partial charge in [-0.2, -0.15) is 0 Å². The molecular formula is C14H18ClN3O. The van der Waals surface area contributed by atoms with Crippen molar-refractivity contribution < 1.29 is 4.42 Å². The zero-order valence-electron chi connectivity index (χ0n) is 11.2. The third-order valence-electron chi connectivity index (χ3n) is 2.81. The van der Waals surface area contributed by atoms with Crippen LogP contribution in [-0.4, -0.2) is 10.2 Å². The number of anilines is 2. The van der Waals surface area contributed by atoms with Crippen LogP contribution in [0.3, 0.4) is 0 Å². The van der Waals surface area contributed by atoms with Gasteiger partial charge in [-0.1, -0.05) is 30.6 Å². The first kappa shape index (κ1) is 13.9. The first-order chi connectivity index (χ1) is 9.19. The fraction of sp³-hybridized carbons (Fsp3) is 0.429. The van der Waals surface area contributed by atoms with E-state index in [0.717, 1.165) is 12.1 Å². The van der Waals surface area contributed by atoms with Gasteiger partial charge in [-0.05, 0) is 37.5 Å². The van der Waals surface area contributed by atoms with Gasteiger partial charge in [-0.3, -0.25) is 0 Å². The zero-order valence-corrected chi connectivity index (χ0v) is 11.9. The zero-order chi connectivity index (χ0) is 13.7. The summed E-state index contributed by atoms with van der Waals surface area (Å²) in [7, 11) is 0. The summed E-state index contributed by atoms with van der Waals surface area (Å²) in [6, 6.07) is 8.61. The Bertz CT molecular complexity index is 508. The van der Waals surface area contributed by atoms with Crippen molar-refractivity contribution in [3.05, 3.63) is 35.7 Å². The van der Waals surface area contributed by atoms with E-state index in [1.165, 1.54) is 18.4 Å². The smallest absolute Gasteiger partial charge is 0.320 e. The summed E-state index contributed by atoms with van der Waals surface area (Å²) in [5.74, 6) is 0.420. The van der Waals surface area contributed by atoms with Crippen LogP contribution in [0.25, 0.3) is 0 Å². The van der Waals surface area contributed by atoms with E-state index < -0.39 is 0 Å². The van der Waals surface area contributed by atoms with Crippen LogP contribution < -0.4 is 5.32 Å². The summed E-state index contributed by atoms with van der Waals surface area (Å²) in [5.41, 5.74) is 2.27. The van der Waals surface area contributed by atoms with Gasteiger partial charge >= 0.3 is 6.01 Å². The number of hydrogen-bond acceptors (Lipinski definition) is 4. The van der Waals surface area contributed by atoms with E-state index in [-0.39, 0.29) is 5.38 Å². The highest BCUT2D eigenvalue weighted by atomic mass is 35.5. The van der Waals surface area contributed by atoms with Crippen molar-refractivity contribution in [2.24, 2.45) is 0 Å². The first-order valence-electron chi connectivity index (χ1n) is 6.52. The number of halogens is 1. The average molecular weight is 280 g/mol. The van der Waals surface area contributed by atoms with E-state index in [2.05, 4.69) is 34.6 Å². The Morgan fingerprint density at radius 1 is 1.26 bits per heavy atom. The molecule has 0 amide bonds. The third-order valence-corrected chi connectivity index (χ3v) is 2.99. The minimum Gasteiger partial charge on any atom is -0.406 e. The van der Waals surface area contributed by atoms with Crippen LogP contribution in [0.2, 0.25) is 0 Å². The Balaban J connectivity index is 1.98. The molecule has 2 aromatic rings. The summed E-state index contributed by atoms with van der Waals surface area (Å²) in [6.07, 6.45) is 3.54. The minimum absolute atomic E-state index is 0.278. The molecule has 1 unspecified atom stereocenters. The third kappa shape index (κ3) is 3.96. The Labute approximate surface area is 118 Å². The molecule has 102 valence electrons. The molecule has 5 heteroatoms. The van der Waals surface area contributed by atoms with Crippen molar-refractivity contribution >= 4 is 23.3 Å². The number of rotatable bonds is 6. The Kier molecular flexibility index (Phi) is 4.80. The van der Waals surface area contributed by atoms with E-state index in [9.17, 15) is 0 Å². The number of benzene rings is 1. The Morgan fingerprint density at radius 3 is 2.58 bits per heavy atom. The van der Waals surface area contributed by atoms with E-state index >= 15 is 0 Å². The molecule has 0 aliphatic rings. The molecule has 0 fully saturated rings. The van der Waals surface area contributed by atoms with Crippen molar-refractivity contribution in [1.29, 1.82) is 0 Å². The van der Waals surface area contributed by atoms with E-state index in [4.69, 9.17) is 16.0 Å². The van der Waals surface area contributed by atoms with Crippen molar-refractivity contribution in [2.45, 2.75) is 38.5 Å². The maximum absolute atomic E-state index is 5.86. The van der Waals surface area contributed by atoms with Crippen LogP contribution >= 0.6 is 11.6 Å². The molecule has 19 heavy (non-hydrogen) atoms. The quantitative estimate of drug-likeness (QED) is 0.794. The van der Waals surface area contributed by atoms with Crippen molar-refractivity contribution in [3.63, 3.8) is 0 Å². The fourth-order valence-electron chi connectivity index (χ4n) is 1.70. The van der Waals surface area contributed by atoms with Gasteiger partial charge in [0.1, 0.15) is 5.38 Å². The molecule has 0 saturated heterocycles. The summed E-state index contributed by atoms with van der Waals surface area (Å²) < 4.78 is 5.38. The predicted octanol–water partition coefficient (Wildman–Crippen LogP) is 4.46. The molecule has 1 aromatic heterocycles. The molecule has 0 aliphatic carbocycles. The summed E-state index contributed by atoms with van der Waals surface area (Å²) >= 11 is 5.86. The molecule has 0 radical (unpaired) electrons. The summed E-state index contributed by atoms with van der Waals surface area (Å²) in [6.45, 7) is 3.99. The maximum atomic E-state index is 5.86. The molecule has 0 saturated carbocycles. The summed E-state index contributed by atoms with van der Waals surface area (Å²) in [5, 5.41) is 10.5. The highest BCUT2D eigenvalue weighted by Gasteiger charge is 2.10. The van der Waals surface area contributed by atoms with Gasteiger partial charge in [0, 0.05) is 5.69 Å². The van der Waals surface area contributed by atoms with E-state index in [1.807, 2.05) is 12.1 Å². The molecular weight excluding hydrogens is 262 g/mol. The number of hydrogen-bond donors (Lipinski definition) is 1. The van der Waals surface area contributed by atoms with Crippen molar-refractivity contribution in [1.82, 2.24) is 10.2 Å².